The van der Waals surface area contributed by atoms with Gasteiger partial charge in [0.1, 0.15) is 11.6 Å². The Morgan fingerprint density at radius 3 is 2.49 bits per heavy atom. The highest BCUT2D eigenvalue weighted by Gasteiger charge is 2.29. The van der Waals surface area contributed by atoms with Gasteiger partial charge in [-0.2, -0.15) is 13.2 Å². The van der Waals surface area contributed by atoms with Gasteiger partial charge in [0.05, 0.1) is 18.9 Å². The van der Waals surface area contributed by atoms with Crippen LogP contribution in [0.25, 0.3) is 0 Å². The van der Waals surface area contributed by atoms with E-state index in [1.165, 1.54) is 24.3 Å². The van der Waals surface area contributed by atoms with E-state index in [4.69, 9.17) is 25.4 Å². The number of hydrogen-bond acceptors (Lipinski definition) is 8. The summed E-state index contributed by atoms with van der Waals surface area (Å²) in [4.78, 5) is 3.74. The molecule has 0 spiro atoms. The Balaban J connectivity index is 1.79. The molecule has 8 nitrogen and oxygen atoms in total. The number of anilines is 3. The van der Waals surface area contributed by atoms with Gasteiger partial charge in [-0.1, -0.05) is 6.08 Å². The average molecular weight is 552 g/mol. The summed E-state index contributed by atoms with van der Waals surface area (Å²) < 4.78 is 68.1. The molecule has 39 heavy (non-hydrogen) atoms. The minimum atomic E-state index is -4.60. The van der Waals surface area contributed by atoms with E-state index in [0.717, 1.165) is 42.8 Å². The van der Waals surface area contributed by atoms with Crippen molar-refractivity contribution in [3.8, 4) is 5.75 Å². The summed E-state index contributed by atoms with van der Waals surface area (Å²) in [5.74, 6) is -1.04. The molecule has 2 aromatic carbocycles. The van der Waals surface area contributed by atoms with E-state index in [9.17, 15) is 17.6 Å². The first kappa shape index (κ1) is 29.8. The number of hydrogen-bond donors (Lipinski definition) is 3. The highest BCUT2D eigenvalue weighted by Crippen LogP contribution is 2.32. The number of nitrogens with two attached hydrogens (primary N) is 1. The van der Waals surface area contributed by atoms with Crippen LogP contribution < -0.4 is 25.6 Å². The molecule has 1 atom stereocenters. The highest BCUT2D eigenvalue weighted by atomic mass is 19.4. The van der Waals surface area contributed by atoms with Gasteiger partial charge in [-0.05, 0) is 43.3 Å². The summed E-state index contributed by atoms with van der Waals surface area (Å²) in [6.45, 7) is 3.10. The second-order valence-corrected chi connectivity index (χ2v) is 8.80. The van der Waals surface area contributed by atoms with Crippen molar-refractivity contribution in [2.24, 2.45) is 5.73 Å². The van der Waals surface area contributed by atoms with Gasteiger partial charge in [0.25, 0.3) is 0 Å². The SMILES string of the molecule is COC(Nc1ccc(N2CCOCC2)cc1)/C(C=N)=C\CN(/C=C(/C)N)c1ccc(F)cc1OCC(F)(F)F. The molecule has 3 rings (SSSR count). The molecular formula is C27H33F4N5O3. The Hall–Kier alpha value is -3.77. The normalized spacial score (nSPS) is 15.6. The summed E-state index contributed by atoms with van der Waals surface area (Å²) in [6, 6.07) is 11.1. The Bertz CT molecular complexity index is 1150. The molecule has 0 radical (unpaired) electrons. The van der Waals surface area contributed by atoms with Crippen molar-refractivity contribution in [3.63, 3.8) is 0 Å². The van der Waals surface area contributed by atoms with Crippen LogP contribution in [0.4, 0.5) is 34.6 Å². The molecule has 0 aromatic heterocycles. The maximum atomic E-state index is 13.9. The maximum Gasteiger partial charge on any atom is 0.422 e. The van der Waals surface area contributed by atoms with E-state index in [2.05, 4.69) is 10.2 Å². The van der Waals surface area contributed by atoms with Crippen LogP contribution >= 0.6 is 0 Å². The number of methoxy groups -OCH3 is 1. The Morgan fingerprint density at radius 2 is 1.90 bits per heavy atom. The molecule has 212 valence electrons. The number of morpholine rings is 1. The molecule has 0 aliphatic carbocycles. The van der Waals surface area contributed by atoms with Crippen LogP contribution in [0, 0.1) is 11.2 Å². The smallest absolute Gasteiger partial charge is 0.422 e. The highest BCUT2D eigenvalue weighted by molar-refractivity contribution is 5.78. The van der Waals surface area contributed by atoms with E-state index in [1.807, 2.05) is 24.3 Å². The van der Waals surface area contributed by atoms with Crippen LogP contribution in [0.15, 0.2) is 66.0 Å². The molecule has 0 bridgehead atoms. The third kappa shape index (κ3) is 9.18. The molecule has 1 fully saturated rings. The Morgan fingerprint density at radius 1 is 1.21 bits per heavy atom. The lowest BCUT2D eigenvalue weighted by Crippen LogP contribution is -2.36. The minimum absolute atomic E-state index is 0.0742. The number of nitrogens with one attached hydrogen (secondary N) is 2. The van der Waals surface area contributed by atoms with Crippen LogP contribution in [-0.4, -0.2) is 65.2 Å². The van der Waals surface area contributed by atoms with Crippen molar-refractivity contribution in [2.45, 2.75) is 19.3 Å². The second-order valence-electron chi connectivity index (χ2n) is 8.80. The molecule has 2 aromatic rings. The quantitative estimate of drug-likeness (QED) is 0.196. The number of nitrogens with zero attached hydrogens (tertiary/aromatic N) is 2. The summed E-state index contributed by atoms with van der Waals surface area (Å²) in [5.41, 5.74) is 8.67. The molecule has 12 heteroatoms. The van der Waals surface area contributed by atoms with Gasteiger partial charge in [-0.3, -0.25) is 0 Å². The number of rotatable bonds is 12. The average Bonchev–Trinajstić information content (AvgIpc) is 2.91. The van der Waals surface area contributed by atoms with Crippen molar-refractivity contribution < 1.29 is 31.8 Å². The largest absolute Gasteiger partial charge is 0.482 e. The predicted molar refractivity (Wildman–Crippen MR) is 144 cm³/mol. The van der Waals surface area contributed by atoms with Gasteiger partial charge in [0.2, 0.25) is 0 Å². The summed E-state index contributed by atoms with van der Waals surface area (Å²) in [6.07, 6.45) is -1.03. The van der Waals surface area contributed by atoms with Crippen LogP contribution in [0.1, 0.15) is 6.92 Å². The number of ether oxygens (including phenoxy) is 3. The van der Waals surface area contributed by atoms with Crippen LogP contribution in [0.5, 0.6) is 5.75 Å². The topological polar surface area (TPSA) is 96.1 Å². The molecule has 1 aliphatic heterocycles. The van der Waals surface area contributed by atoms with Gasteiger partial charge < -0.3 is 40.5 Å². The van der Waals surface area contributed by atoms with Crippen molar-refractivity contribution >= 4 is 23.3 Å². The number of benzene rings is 2. The molecule has 0 saturated carbocycles. The van der Waals surface area contributed by atoms with Crippen molar-refractivity contribution in [2.75, 3.05) is 61.7 Å². The van der Waals surface area contributed by atoms with E-state index in [0.29, 0.717) is 24.5 Å². The predicted octanol–water partition coefficient (Wildman–Crippen LogP) is 4.89. The van der Waals surface area contributed by atoms with Crippen LogP contribution in [-0.2, 0) is 9.47 Å². The van der Waals surface area contributed by atoms with E-state index in [-0.39, 0.29) is 18.0 Å². The van der Waals surface area contributed by atoms with E-state index >= 15 is 0 Å². The van der Waals surface area contributed by atoms with Gasteiger partial charge >= 0.3 is 6.18 Å². The first-order valence-corrected chi connectivity index (χ1v) is 12.2. The molecule has 1 aliphatic rings. The van der Waals surface area contributed by atoms with Gasteiger partial charge in [0, 0.05) is 67.9 Å². The fourth-order valence-corrected chi connectivity index (χ4v) is 3.93. The fraction of sp³-hybridized carbons (Fsp3) is 0.370. The van der Waals surface area contributed by atoms with Crippen LogP contribution in [0.3, 0.4) is 0 Å². The minimum Gasteiger partial charge on any atom is -0.482 e. The summed E-state index contributed by atoms with van der Waals surface area (Å²) >= 11 is 0. The van der Waals surface area contributed by atoms with Crippen LogP contribution in [0.2, 0.25) is 0 Å². The molecule has 4 N–H and O–H groups in total. The zero-order chi connectivity index (χ0) is 28.4. The summed E-state index contributed by atoms with van der Waals surface area (Å²) in [5, 5.41) is 11.2. The lowest BCUT2D eigenvalue weighted by Gasteiger charge is -2.29. The lowest BCUT2D eigenvalue weighted by molar-refractivity contribution is -0.153. The van der Waals surface area contributed by atoms with Crippen molar-refractivity contribution in [3.05, 3.63) is 71.8 Å². The third-order valence-corrected chi connectivity index (χ3v) is 5.75. The van der Waals surface area contributed by atoms with E-state index < -0.39 is 24.8 Å². The third-order valence-electron chi connectivity index (χ3n) is 5.75. The van der Waals surface area contributed by atoms with Crippen molar-refractivity contribution in [1.82, 2.24) is 0 Å². The number of allylic oxidation sites excluding steroid dienone is 1. The first-order chi connectivity index (χ1) is 18.6. The maximum absolute atomic E-state index is 13.9. The van der Waals surface area contributed by atoms with Gasteiger partial charge in [-0.25, -0.2) is 4.39 Å². The second kappa shape index (κ2) is 13.9. The van der Waals surface area contributed by atoms with Gasteiger partial charge in [-0.15, -0.1) is 0 Å². The van der Waals surface area contributed by atoms with Crippen molar-refractivity contribution in [1.29, 1.82) is 5.41 Å². The Kier molecular flexibility index (Phi) is 10.6. The van der Waals surface area contributed by atoms with Gasteiger partial charge in [0.15, 0.2) is 12.8 Å². The zero-order valence-corrected chi connectivity index (χ0v) is 21.8. The molecule has 1 heterocycles. The summed E-state index contributed by atoms with van der Waals surface area (Å²) in [7, 11) is 1.49. The fourth-order valence-electron chi connectivity index (χ4n) is 3.93. The standard InChI is InChI=1S/C27H33F4N5O3/c1-19(33)17-36(24-8-3-21(28)15-25(24)39-18-27(29,30)31)10-9-20(16-32)26(37-2)34-22-4-6-23(7-5-22)35-11-13-38-14-12-35/h3-9,15-17,26,32,34H,10-14,18,33H2,1-2H3/b19-17-,20-9-,32-16?. The zero-order valence-electron chi connectivity index (χ0n) is 21.8. The molecule has 1 unspecified atom stereocenters. The molecular weight excluding hydrogens is 518 g/mol. The van der Waals surface area contributed by atoms with E-state index in [1.54, 1.807) is 13.0 Å². The lowest BCUT2D eigenvalue weighted by atomic mass is 10.2. The monoisotopic (exact) mass is 551 g/mol. The molecule has 1 saturated heterocycles. The molecule has 0 amide bonds. The Labute approximate surface area is 225 Å². The first-order valence-electron chi connectivity index (χ1n) is 12.2. The number of alkyl halides is 3. The number of halogens is 4.